The van der Waals surface area contributed by atoms with Crippen LogP contribution in [0.5, 0.6) is 0 Å². The molecule has 0 atom stereocenters. The molecule has 1 heterocycles. The zero-order valence-electron chi connectivity index (χ0n) is 14.5. The van der Waals surface area contributed by atoms with Crippen LogP contribution in [-0.2, 0) is 16.0 Å². The van der Waals surface area contributed by atoms with Crippen LogP contribution in [0, 0.1) is 0 Å². The zero-order valence-corrected chi connectivity index (χ0v) is 16.9. The monoisotopic (exact) mass is 441 g/mol. The molecule has 0 saturated carbocycles. The second kappa shape index (κ2) is 10.2. The fourth-order valence-corrected chi connectivity index (χ4v) is 3.18. The third-order valence-corrected chi connectivity index (χ3v) is 4.79. The molecule has 0 spiro atoms. The minimum atomic E-state index is -0.488. The van der Waals surface area contributed by atoms with Crippen molar-refractivity contribution in [1.29, 1.82) is 0 Å². The van der Waals surface area contributed by atoms with E-state index in [1.807, 2.05) is 24.3 Å². The third-order valence-electron chi connectivity index (χ3n) is 3.43. The molecule has 2 amide bonds. The average Bonchev–Trinajstić information content (AvgIpc) is 3.11. The highest BCUT2D eigenvalue weighted by molar-refractivity contribution is 9.10. The van der Waals surface area contributed by atoms with Crippen LogP contribution in [0.2, 0.25) is 0 Å². The summed E-state index contributed by atoms with van der Waals surface area (Å²) in [6.07, 6.45) is 0.694. The molecule has 1 N–H and O–H groups in total. The molecular formula is C17H20BrN3O4S. The molecule has 7 nitrogen and oxygen atoms in total. The van der Waals surface area contributed by atoms with Gasteiger partial charge < -0.3 is 19.7 Å². The number of urea groups is 1. The summed E-state index contributed by atoms with van der Waals surface area (Å²) in [6, 6.07) is 7.10. The predicted molar refractivity (Wildman–Crippen MR) is 104 cm³/mol. The molecule has 0 bridgehead atoms. The van der Waals surface area contributed by atoms with Crippen LogP contribution in [0.15, 0.2) is 34.1 Å². The van der Waals surface area contributed by atoms with E-state index in [1.165, 1.54) is 18.4 Å². The SMILES string of the molecule is COCCCN(Cc1nc(C(=O)OC)cs1)C(=O)Nc1ccc(Br)cc1. The number of halogens is 1. The lowest BCUT2D eigenvalue weighted by atomic mass is 10.3. The first-order chi connectivity index (χ1) is 12.5. The summed E-state index contributed by atoms with van der Waals surface area (Å²) in [5, 5.41) is 5.15. The maximum Gasteiger partial charge on any atom is 0.357 e. The summed E-state index contributed by atoms with van der Waals surface area (Å²) >= 11 is 4.68. The third kappa shape index (κ3) is 6.08. The van der Waals surface area contributed by atoms with Crippen LogP contribution in [0.25, 0.3) is 0 Å². The van der Waals surface area contributed by atoms with E-state index >= 15 is 0 Å². The number of nitrogens with zero attached hydrogens (tertiary/aromatic N) is 2. The van der Waals surface area contributed by atoms with E-state index in [4.69, 9.17) is 4.74 Å². The van der Waals surface area contributed by atoms with Gasteiger partial charge in [-0.15, -0.1) is 11.3 Å². The summed E-state index contributed by atoms with van der Waals surface area (Å²) < 4.78 is 10.7. The van der Waals surface area contributed by atoms with Crippen molar-refractivity contribution in [3.8, 4) is 0 Å². The van der Waals surface area contributed by atoms with Crippen molar-refractivity contribution in [1.82, 2.24) is 9.88 Å². The molecule has 2 rings (SSSR count). The molecule has 0 aliphatic heterocycles. The number of methoxy groups -OCH3 is 2. The molecule has 0 fully saturated rings. The Balaban J connectivity index is 2.06. The highest BCUT2D eigenvalue weighted by Gasteiger charge is 2.18. The fraction of sp³-hybridized carbons (Fsp3) is 0.353. The second-order valence-corrected chi connectivity index (χ2v) is 7.18. The van der Waals surface area contributed by atoms with Crippen molar-refractivity contribution in [3.63, 3.8) is 0 Å². The highest BCUT2D eigenvalue weighted by atomic mass is 79.9. The Hall–Kier alpha value is -1.97. The molecule has 1 aromatic heterocycles. The summed E-state index contributed by atoms with van der Waals surface area (Å²) in [5.41, 5.74) is 0.946. The Bertz CT molecular complexity index is 736. The number of aromatic nitrogens is 1. The number of benzene rings is 1. The van der Waals surface area contributed by atoms with Crippen molar-refractivity contribution in [2.75, 3.05) is 32.7 Å². The number of esters is 1. The van der Waals surface area contributed by atoms with Crippen LogP contribution in [0.1, 0.15) is 21.9 Å². The number of thiazole rings is 1. The fourth-order valence-electron chi connectivity index (χ4n) is 2.13. The van der Waals surface area contributed by atoms with Crippen molar-refractivity contribution in [3.05, 3.63) is 44.8 Å². The molecule has 0 radical (unpaired) electrons. The average molecular weight is 442 g/mol. The lowest BCUT2D eigenvalue weighted by Crippen LogP contribution is -2.35. The van der Waals surface area contributed by atoms with Crippen molar-refractivity contribution in [2.45, 2.75) is 13.0 Å². The number of carbonyl (C=O) groups is 2. The van der Waals surface area contributed by atoms with E-state index in [-0.39, 0.29) is 11.7 Å². The molecule has 0 unspecified atom stereocenters. The van der Waals surface area contributed by atoms with Crippen molar-refractivity contribution in [2.24, 2.45) is 0 Å². The number of rotatable bonds is 8. The molecule has 140 valence electrons. The summed E-state index contributed by atoms with van der Waals surface area (Å²) in [5.74, 6) is -0.488. The van der Waals surface area contributed by atoms with E-state index in [9.17, 15) is 9.59 Å². The Kier molecular flexibility index (Phi) is 8.02. The molecule has 26 heavy (non-hydrogen) atoms. The van der Waals surface area contributed by atoms with Gasteiger partial charge in [-0.2, -0.15) is 0 Å². The Labute approximate surface area is 164 Å². The highest BCUT2D eigenvalue weighted by Crippen LogP contribution is 2.17. The van der Waals surface area contributed by atoms with Gasteiger partial charge in [-0.3, -0.25) is 0 Å². The van der Waals surface area contributed by atoms with Gasteiger partial charge in [0.2, 0.25) is 0 Å². The largest absolute Gasteiger partial charge is 0.464 e. The van der Waals surface area contributed by atoms with E-state index < -0.39 is 5.97 Å². The predicted octanol–water partition coefficient (Wildman–Crippen LogP) is 3.76. The topological polar surface area (TPSA) is 80.8 Å². The summed E-state index contributed by atoms with van der Waals surface area (Å²) in [6.45, 7) is 1.35. The maximum absolute atomic E-state index is 12.6. The maximum atomic E-state index is 12.6. The van der Waals surface area contributed by atoms with Crippen molar-refractivity contribution < 1.29 is 19.1 Å². The minimum Gasteiger partial charge on any atom is -0.464 e. The number of hydrogen-bond donors (Lipinski definition) is 1. The van der Waals surface area contributed by atoms with Crippen LogP contribution in [0.3, 0.4) is 0 Å². The van der Waals surface area contributed by atoms with E-state index in [0.717, 1.165) is 4.47 Å². The number of anilines is 1. The first-order valence-electron chi connectivity index (χ1n) is 7.86. The van der Waals surface area contributed by atoms with Gasteiger partial charge in [0.05, 0.1) is 13.7 Å². The molecule has 0 aliphatic rings. The number of amides is 2. The first kappa shape index (κ1) is 20.3. The van der Waals surface area contributed by atoms with E-state index in [0.29, 0.717) is 36.8 Å². The zero-order chi connectivity index (χ0) is 18.9. The van der Waals surface area contributed by atoms with Gasteiger partial charge in [0, 0.05) is 35.8 Å². The number of hydrogen-bond acceptors (Lipinski definition) is 6. The van der Waals surface area contributed by atoms with Crippen molar-refractivity contribution >= 4 is 45.0 Å². The summed E-state index contributed by atoms with van der Waals surface area (Å²) in [7, 11) is 2.93. The Morgan fingerprint density at radius 3 is 2.65 bits per heavy atom. The number of ether oxygens (including phenoxy) is 2. The molecule has 1 aromatic carbocycles. The van der Waals surface area contributed by atoms with Crippen LogP contribution in [0.4, 0.5) is 10.5 Å². The minimum absolute atomic E-state index is 0.238. The van der Waals surface area contributed by atoms with Crippen LogP contribution >= 0.6 is 27.3 Å². The van der Waals surface area contributed by atoms with Gasteiger partial charge in [-0.1, -0.05) is 15.9 Å². The number of carbonyl (C=O) groups excluding carboxylic acids is 2. The quantitative estimate of drug-likeness (QED) is 0.498. The standard InChI is InChI=1S/C17H20BrN3O4S/c1-24-9-3-8-21(10-15-20-14(11-26-15)16(22)25-2)17(23)19-13-6-4-12(18)5-7-13/h4-7,11H,3,8-10H2,1-2H3,(H,19,23). The van der Waals surface area contributed by atoms with Gasteiger partial charge >= 0.3 is 12.0 Å². The van der Waals surface area contributed by atoms with Gasteiger partial charge in [-0.05, 0) is 30.7 Å². The van der Waals surface area contributed by atoms with E-state index in [1.54, 1.807) is 17.4 Å². The molecule has 9 heteroatoms. The smallest absolute Gasteiger partial charge is 0.357 e. The second-order valence-electron chi connectivity index (χ2n) is 5.32. The summed E-state index contributed by atoms with van der Waals surface area (Å²) in [4.78, 5) is 30.0. The Morgan fingerprint density at radius 2 is 2.00 bits per heavy atom. The van der Waals surface area contributed by atoms with Crippen LogP contribution in [-0.4, -0.2) is 49.3 Å². The first-order valence-corrected chi connectivity index (χ1v) is 9.54. The lowest BCUT2D eigenvalue weighted by molar-refractivity contribution is 0.0594. The lowest BCUT2D eigenvalue weighted by Gasteiger charge is -2.22. The van der Waals surface area contributed by atoms with E-state index in [2.05, 4.69) is 31.0 Å². The molecule has 2 aromatic rings. The number of nitrogens with one attached hydrogen (secondary N) is 1. The molecule has 0 saturated heterocycles. The van der Waals surface area contributed by atoms with Gasteiger partial charge in [0.1, 0.15) is 5.01 Å². The normalized spacial score (nSPS) is 10.4. The van der Waals surface area contributed by atoms with Gasteiger partial charge in [-0.25, -0.2) is 14.6 Å². The Morgan fingerprint density at radius 1 is 1.27 bits per heavy atom. The van der Waals surface area contributed by atoms with Gasteiger partial charge in [0.25, 0.3) is 0 Å². The molecular weight excluding hydrogens is 422 g/mol. The molecule has 0 aliphatic carbocycles. The van der Waals surface area contributed by atoms with Crippen LogP contribution < -0.4 is 5.32 Å². The van der Waals surface area contributed by atoms with Gasteiger partial charge in [0.15, 0.2) is 5.69 Å².